The molecule has 0 fully saturated rings. The largest absolute Gasteiger partial charge is 0.469 e. The molecular weight excluding hydrogens is 234 g/mol. The monoisotopic (exact) mass is 249 g/mol. The highest BCUT2D eigenvalue weighted by molar-refractivity contribution is 6.39. The van der Waals surface area contributed by atoms with Crippen LogP contribution in [0.4, 0.5) is 5.69 Å². The Morgan fingerprint density at radius 3 is 2.22 bits per heavy atom. The first kappa shape index (κ1) is 13.9. The van der Waals surface area contributed by atoms with Gasteiger partial charge in [0.1, 0.15) is 5.71 Å². The number of aryl methyl sites for hydroxylation is 1. The highest BCUT2D eigenvalue weighted by atomic mass is 16.5. The van der Waals surface area contributed by atoms with E-state index in [1.807, 2.05) is 19.1 Å². The van der Waals surface area contributed by atoms with E-state index in [-0.39, 0.29) is 12.1 Å². The van der Waals surface area contributed by atoms with Crippen LogP contribution in [0.3, 0.4) is 0 Å². The summed E-state index contributed by atoms with van der Waals surface area (Å²) >= 11 is 0. The molecule has 0 aliphatic carbocycles. The molecule has 5 heteroatoms. The van der Waals surface area contributed by atoms with Crippen LogP contribution in [0.1, 0.15) is 12.0 Å². The summed E-state index contributed by atoms with van der Waals surface area (Å²) in [5.74, 6) is -1.17. The second kappa shape index (κ2) is 6.54. The number of carbonyl (C=O) groups excluding carboxylic acids is 2. The number of benzene rings is 1. The van der Waals surface area contributed by atoms with E-state index in [4.69, 9.17) is 0 Å². The third kappa shape index (κ3) is 4.01. The predicted molar refractivity (Wildman–Crippen MR) is 66.9 cm³/mol. The minimum absolute atomic E-state index is 0.0215. The quantitative estimate of drug-likeness (QED) is 0.603. The van der Waals surface area contributed by atoms with Crippen LogP contribution in [0.5, 0.6) is 0 Å². The number of hydrogen-bond acceptors (Lipinski definition) is 5. The topological polar surface area (TPSA) is 65.0 Å². The normalized spacial score (nSPS) is 10.9. The molecule has 0 radical (unpaired) electrons. The molecule has 0 amide bonds. The summed E-state index contributed by atoms with van der Waals surface area (Å²) in [5, 5.41) is 0. The van der Waals surface area contributed by atoms with Gasteiger partial charge in [0.2, 0.25) is 0 Å². The van der Waals surface area contributed by atoms with Crippen molar-refractivity contribution < 1.29 is 19.1 Å². The number of nitrogens with zero attached hydrogens (tertiary/aromatic N) is 1. The third-order valence-corrected chi connectivity index (χ3v) is 2.26. The summed E-state index contributed by atoms with van der Waals surface area (Å²) in [4.78, 5) is 26.7. The SMILES string of the molecule is COC(=O)CC(=Nc1ccc(C)cc1)C(=O)OC. The molecule has 0 heterocycles. The molecule has 1 aromatic carbocycles. The van der Waals surface area contributed by atoms with Crippen molar-refractivity contribution in [3.05, 3.63) is 29.8 Å². The molecule has 1 aromatic rings. The first-order chi connectivity index (χ1) is 8.56. The van der Waals surface area contributed by atoms with Crippen molar-refractivity contribution in [3.63, 3.8) is 0 Å². The summed E-state index contributed by atoms with van der Waals surface area (Å²) < 4.78 is 9.08. The second-order valence-corrected chi connectivity index (χ2v) is 3.64. The van der Waals surface area contributed by atoms with Gasteiger partial charge >= 0.3 is 11.9 Å². The lowest BCUT2D eigenvalue weighted by Gasteiger charge is -2.03. The maximum Gasteiger partial charge on any atom is 0.353 e. The fourth-order valence-corrected chi connectivity index (χ4v) is 1.26. The van der Waals surface area contributed by atoms with Crippen molar-refractivity contribution >= 4 is 23.3 Å². The van der Waals surface area contributed by atoms with E-state index in [1.54, 1.807) is 12.1 Å². The Balaban J connectivity index is 2.98. The van der Waals surface area contributed by atoms with E-state index in [9.17, 15) is 9.59 Å². The standard InChI is InChI=1S/C13H15NO4/c1-9-4-6-10(7-5-9)14-11(13(16)18-3)8-12(15)17-2/h4-7H,8H2,1-3H3. The number of ether oxygens (including phenoxy) is 2. The number of methoxy groups -OCH3 is 2. The van der Waals surface area contributed by atoms with Gasteiger partial charge in [-0.25, -0.2) is 9.79 Å². The van der Waals surface area contributed by atoms with Gasteiger partial charge in [-0.2, -0.15) is 0 Å². The van der Waals surface area contributed by atoms with Crippen LogP contribution in [0.2, 0.25) is 0 Å². The molecule has 0 N–H and O–H groups in total. The lowest BCUT2D eigenvalue weighted by atomic mass is 10.2. The Morgan fingerprint density at radius 2 is 1.72 bits per heavy atom. The third-order valence-electron chi connectivity index (χ3n) is 2.26. The molecule has 0 aliphatic rings. The van der Waals surface area contributed by atoms with Crippen LogP contribution in [0, 0.1) is 6.92 Å². The zero-order chi connectivity index (χ0) is 13.5. The van der Waals surface area contributed by atoms with Crippen LogP contribution in [0.15, 0.2) is 29.3 Å². The maximum atomic E-state index is 11.5. The lowest BCUT2D eigenvalue weighted by molar-refractivity contribution is -0.140. The van der Waals surface area contributed by atoms with Gasteiger partial charge in [0.05, 0.1) is 26.3 Å². The summed E-state index contributed by atoms with van der Waals surface area (Å²) in [5.41, 5.74) is 1.69. The highest BCUT2D eigenvalue weighted by Gasteiger charge is 2.16. The van der Waals surface area contributed by atoms with E-state index >= 15 is 0 Å². The molecule has 0 saturated carbocycles. The van der Waals surface area contributed by atoms with Gasteiger partial charge in [-0.15, -0.1) is 0 Å². The fraction of sp³-hybridized carbons (Fsp3) is 0.308. The van der Waals surface area contributed by atoms with Crippen molar-refractivity contribution in [1.82, 2.24) is 0 Å². The first-order valence-electron chi connectivity index (χ1n) is 5.36. The van der Waals surface area contributed by atoms with Crippen LogP contribution in [-0.4, -0.2) is 31.9 Å². The van der Waals surface area contributed by atoms with Crippen LogP contribution < -0.4 is 0 Å². The molecule has 0 unspecified atom stereocenters. The molecule has 0 aliphatic heterocycles. The van der Waals surface area contributed by atoms with Gasteiger partial charge in [-0.1, -0.05) is 17.7 Å². The van der Waals surface area contributed by atoms with E-state index < -0.39 is 11.9 Å². The van der Waals surface area contributed by atoms with Gasteiger partial charge in [0, 0.05) is 0 Å². The Labute approximate surface area is 105 Å². The van der Waals surface area contributed by atoms with Crippen LogP contribution in [0.25, 0.3) is 0 Å². The van der Waals surface area contributed by atoms with Crippen molar-refractivity contribution in [3.8, 4) is 0 Å². The maximum absolute atomic E-state index is 11.5. The molecular formula is C13H15NO4. The zero-order valence-corrected chi connectivity index (χ0v) is 10.6. The number of hydrogen-bond donors (Lipinski definition) is 0. The van der Waals surface area contributed by atoms with E-state index in [0.29, 0.717) is 5.69 Å². The number of carbonyl (C=O) groups is 2. The summed E-state index contributed by atoms with van der Waals surface area (Å²) in [7, 11) is 2.49. The van der Waals surface area contributed by atoms with Crippen molar-refractivity contribution in [1.29, 1.82) is 0 Å². The second-order valence-electron chi connectivity index (χ2n) is 3.64. The average Bonchev–Trinajstić information content (AvgIpc) is 2.39. The van der Waals surface area contributed by atoms with Crippen molar-refractivity contribution in [2.24, 2.45) is 4.99 Å². The molecule has 0 atom stereocenters. The van der Waals surface area contributed by atoms with E-state index in [0.717, 1.165) is 5.56 Å². The minimum Gasteiger partial charge on any atom is -0.469 e. The van der Waals surface area contributed by atoms with Crippen molar-refractivity contribution in [2.45, 2.75) is 13.3 Å². The molecule has 0 aromatic heterocycles. The number of esters is 2. The highest BCUT2D eigenvalue weighted by Crippen LogP contribution is 2.14. The predicted octanol–water partition coefficient (Wildman–Crippen LogP) is 1.80. The van der Waals surface area contributed by atoms with Crippen molar-refractivity contribution in [2.75, 3.05) is 14.2 Å². The Bertz CT molecular complexity index is 462. The van der Waals surface area contributed by atoms with Gasteiger partial charge in [-0.3, -0.25) is 4.79 Å². The molecule has 0 spiro atoms. The lowest BCUT2D eigenvalue weighted by Crippen LogP contribution is -2.20. The fourth-order valence-electron chi connectivity index (χ4n) is 1.26. The zero-order valence-electron chi connectivity index (χ0n) is 10.6. The Hall–Kier alpha value is -2.17. The average molecular weight is 249 g/mol. The number of aliphatic imine (C=N–C) groups is 1. The van der Waals surface area contributed by atoms with E-state index in [2.05, 4.69) is 14.5 Å². The molecule has 5 nitrogen and oxygen atoms in total. The van der Waals surface area contributed by atoms with Gasteiger partial charge in [-0.05, 0) is 19.1 Å². The Morgan fingerprint density at radius 1 is 1.11 bits per heavy atom. The van der Waals surface area contributed by atoms with Crippen LogP contribution in [-0.2, 0) is 19.1 Å². The Kier molecular flexibility index (Phi) is 5.05. The first-order valence-corrected chi connectivity index (χ1v) is 5.36. The van der Waals surface area contributed by atoms with Gasteiger partial charge < -0.3 is 9.47 Å². The molecule has 18 heavy (non-hydrogen) atoms. The molecule has 0 saturated heterocycles. The minimum atomic E-state index is -0.638. The van der Waals surface area contributed by atoms with Crippen LogP contribution >= 0.6 is 0 Å². The van der Waals surface area contributed by atoms with Gasteiger partial charge in [0.25, 0.3) is 0 Å². The molecule has 1 rings (SSSR count). The smallest absolute Gasteiger partial charge is 0.353 e. The van der Waals surface area contributed by atoms with Gasteiger partial charge in [0.15, 0.2) is 0 Å². The summed E-state index contributed by atoms with van der Waals surface area (Å²) in [6, 6.07) is 7.25. The molecule has 0 bridgehead atoms. The summed E-state index contributed by atoms with van der Waals surface area (Å²) in [6.07, 6.45) is -0.211. The number of rotatable bonds is 4. The molecule has 96 valence electrons. The summed E-state index contributed by atoms with van der Waals surface area (Å²) in [6.45, 7) is 1.95. The van der Waals surface area contributed by atoms with E-state index in [1.165, 1.54) is 14.2 Å².